The number of hydrogen-bond donors (Lipinski definition) is 4. The molecule has 4 fully saturated rings. The van der Waals surface area contributed by atoms with Crippen molar-refractivity contribution in [2.75, 3.05) is 27.3 Å². The lowest BCUT2D eigenvalue weighted by atomic mass is 9.98. The Morgan fingerprint density at radius 1 is 0.660 bits per heavy atom. The molecule has 47 heavy (non-hydrogen) atoms. The molecule has 0 spiro atoms. The normalized spacial score (nSPS) is 28.1. The maximum Gasteiger partial charge on any atom is 0.394 e. The van der Waals surface area contributed by atoms with Gasteiger partial charge in [0, 0.05) is 24.2 Å². The Morgan fingerprint density at radius 2 is 0.936 bits per heavy atom. The highest BCUT2D eigenvalue weighted by molar-refractivity contribution is 7.79. The zero-order valence-electron chi connectivity index (χ0n) is 27.0. The highest BCUT2D eigenvalue weighted by Crippen LogP contribution is 2.37. The molecule has 4 N–H and O–H groups in total. The van der Waals surface area contributed by atoms with Crippen LogP contribution in [-0.2, 0) is 29.5 Å². The molecule has 0 radical (unpaired) electrons. The zero-order valence-corrected chi connectivity index (χ0v) is 27.8. The van der Waals surface area contributed by atoms with E-state index >= 15 is 0 Å². The molecular formula is C34H48N2O10S. The van der Waals surface area contributed by atoms with Crippen molar-refractivity contribution in [3.05, 3.63) is 71.8 Å². The minimum Gasteiger partial charge on any atom is -0.462 e. The van der Waals surface area contributed by atoms with Gasteiger partial charge >= 0.3 is 22.3 Å². The molecular weight excluding hydrogens is 628 g/mol. The van der Waals surface area contributed by atoms with Crippen LogP contribution in [0, 0.1) is 0 Å². The van der Waals surface area contributed by atoms with Crippen LogP contribution in [0.2, 0.25) is 0 Å². The third kappa shape index (κ3) is 10.5. The second-order valence-corrected chi connectivity index (χ2v) is 13.8. The van der Waals surface area contributed by atoms with Crippen LogP contribution in [0.3, 0.4) is 0 Å². The van der Waals surface area contributed by atoms with Crippen LogP contribution in [0.1, 0.15) is 74.3 Å². The Balaban J connectivity index is 0.000000186. The van der Waals surface area contributed by atoms with Gasteiger partial charge in [-0.3, -0.25) is 18.7 Å². The van der Waals surface area contributed by atoms with E-state index < -0.39 is 22.2 Å². The Bertz CT molecular complexity index is 1270. The molecule has 4 heterocycles. The molecule has 4 aliphatic rings. The van der Waals surface area contributed by atoms with E-state index in [9.17, 15) is 19.8 Å². The van der Waals surface area contributed by atoms with E-state index in [1.54, 1.807) is 0 Å². The number of aliphatic hydroxyl groups is 2. The van der Waals surface area contributed by atoms with E-state index in [1.165, 1.54) is 25.7 Å². The van der Waals surface area contributed by atoms with E-state index in [2.05, 4.69) is 23.9 Å². The Morgan fingerprint density at radius 3 is 1.19 bits per heavy atom. The van der Waals surface area contributed by atoms with Gasteiger partial charge in [0.25, 0.3) is 0 Å². The lowest BCUT2D eigenvalue weighted by Crippen LogP contribution is -2.43. The molecule has 12 nitrogen and oxygen atoms in total. The average molecular weight is 677 g/mol. The van der Waals surface area contributed by atoms with E-state index in [0.29, 0.717) is 24.2 Å². The van der Waals surface area contributed by atoms with Crippen LogP contribution < -0.4 is 0 Å². The summed E-state index contributed by atoms with van der Waals surface area (Å²) in [6.07, 6.45) is 8.52. The molecule has 0 amide bonds. The number of carbonyl (C=O) groups is 2. The molecule has 2 unspecified atom stereocenters. The van der Waals surface area contributed by atoms with Gasteiger partial charge in [-0.25, -0.2) is 0 Å². The Kier molecular flexibility index (Phi) is 13.3. The van der Waals surface area contributed by atoms with E-state index in [4.69, 9.17) is 27.0 Å². The largest absolute Gasteiger partial charge is 0.462 e. The quantitative estimate of drug-likeness (QED) is 0.238. The van der Waals surface area contributed by atoms with Gasteiger partial charge in [0.15, 0.2) is 0 Å². The predicted molar refractivity (Wildman–Crippen MR) is 174 cm³/mol. The van der Waals surface area contributed by atoms with Crippen molar-refractivity contribution in [2.45, 2.75) is 99.6 Å². The highest BCUT2D eigenvalue weighted by atomic mass is 32.3. The summed E-state index contributed by atoms with van der Waals surface area (Å²) in [6.45, 7) is -0.412. The van der Waals surface area contributed by atoms with Crippen molar-refractivity contribution in [3.8, 4) is 0 Å². The SMILES string of the molecule is CN1[C@@H]2CC[C@H]1C[C@@H](OC(=O)C(CO)c1ccccc1)C2.CN1[C@@H]2CC[C@H]1C[C@@H](OC(=O)C(CO)c1ccccc1)C2.O=S(=O)(O)O. The first-order valence-corrected chi connectivity index (χ1v) is 17.6. The van der Waals surface area contributed by atoms with E-state index in [0.717, 1.165) is 36.8 Å². The fourth-order valence-corrected chi connectivity index (χ4v) is 7.41. The number of nitrogens with zero attached hydrogens (tertiary/aromatic N) is 2. The van der Waals surface area contributed by atoms with E-state index in [-0.39, 0.29) is 37.4 Å². The molecule has 0 saturated carbocycles. The second kappa shape index (κ2) is 17.0. The fourth-order valence-electron chi connectivity index (χ4n) is 7.41. The molecule has 0 aromatic heterocycles. The zero-order chi connectivity index (χ0) is 34.1. The summed E-state index contributed by atoms with van der Waals surface area (Å²) < 4.78 is 43.0. The first-order valence-electron chi connectivity index (χ1n) is 16.2. The van der Waals surface area contributed by atoms with Gasteiger partial charge in [-0.05, 0) is 76.6 Å². The van der Waals surface area contributed by atoms with Crippen LogP contribution in [0.5, 0.6) is 0 Å². The summed E-state index contributed by atoms with van der Waals surface area (Å²) in [7, 11) is -0.332. The molecule has 4 bridgehead atoms. The lowest BCUT2D eigenvalue weighted by molar-refractivity contribution is -0.156. The lowest BCUT2D eigenvalue weighted by Gasteiger charge is -2.36. The minimum atomic E-state index is -4.67. The molecule has 4 aliphatic heterocycles. The predicted octanol–water partition coefficient (Wildman–Crippen LogP) is 3.21. The molecule has 4 saturated heterocycles. The van der Waals surface area contributed by atoms with Crippen LogP contribution in [0.4, 0.5) is 0 Å². The monoisotopic (exact) mass is 676 g/mol. The smallest absolute Gasteiger partial charge is 0.394 e. The van der Waals surface area contributed by atoms with Gasteiger partial charge in [-0.1, -0.05) is 60.7 Å². The van der Waals surface area contributed by atoms with Gasteiger partial charge in [0.05, 0.1) is 13.2 Å². The molecule has 2 aromatic rings. The minimum absolute atomic E-state index is 0.00367. The van der Waals surface area contributed by atoms with Gasteiger partial charge in [-0.2, -0.15) is 8.42 Å². The first kappa shape index (κ1) is 36.9. The first-order chi connectivity index (χ1) is 22.4. The Labute approximate surface area is 277 Å². The summed E-state index contributed by atoms with van der Waals surface area (Å²) in [5.74, 6) is -1.72. The van der Waals surface area contributed by atoms with Crippen molar-refractivity contribution in [1.29, 1.82) is 0 Å². The van der Waals surface area contributed by atoms with Gasteiger partial charge in [0.2, 0.25) is 0 Å². The molecule has 6 rings (SSSR count). The summed E-state index contributed by atoms with van der Waals surface area (Å²) >= 11 is 0. The van der Waals surface area contributed by atoms with Gasteiger partial charge in [-0.15, -0.1) is 0 Å². The van der Waals surface area contributed by atoms with Crippen LogP contribution in [0.25, 0.3) is 0 Å². The van der Waals surface area contributed by atoms with Crippen molar-refractivity contribution in [2.24, 2.45) is 0 Å². The third-order valence-corrected chi connectivity index (χ3v) is 10.0. The highest BCUT2D eigenvalue weighted by Gasteiger charge is 2.41. The number of rotatable bonds is 8. The number of benzene rings is 2. The standard InChI is InChI=1S/2C17H23NO3.H2O4S/c2*1-18-13-7-8-14(18)10-15(9-13)21-17(20)16(11-19)12-5-3-2-4-6-12;1-5(2,3)4/h2*2-6,13-16,19H,7-11H2,1H3;(H2,1,2,3,4)/t2*13-,14+,15+,16?;. The van der Waals surface area contributed by atoms with Gasteiger partial charge < -0.3 is 29.5 Å². The van der Waals surface area contributed by atoms with E-state index in [1.807, 2.05) is 60.7 Å². The summed E-state index contributed by atoms with van der Waals surface area (Å²) in [4.78, 5) is 29.6. The van der Waals surface area contributed by atoms with Crippen LogP contribution >= 0.6 is 0 Å². The molecule has 0 aliphatic carbocycles. The summed E-state index contributed by atoms with van der Waals surface area (Å²) in [5.41, 5.74) is 1.64. The Hall–Kier alpha value is -2.91. The van der Waals surface area contributed by atoms with Crippen molar-refractivity contribution < 1.29 is 46.8 Å². The number of ether oxygens (including phenoxy) is 2. The number of carbonyl (C=O) groups excluding carboxylic acids is 2. The maximum absolute atomic E-state index is 12.4. The van der Waals surface area contributed by atoms with Crippen molar-refractivity contribution >= 4 is 22.3 Å². The number of piperidine rings is 2. The number of aliphatic hydroxyl groups excluding tert-OH is 2. The van der Waals surface area contributed by atoms with Crippen LogP contribution in [0.15, 0.2) is 60.7 Å². The van der Waals surface area contributed by atoms with Crippen molar-refractivity contribution in [1.82, 2.24) is 9.80 Å². The van der Waals surface area contributed by atoms with Gasteiger partial charge in [0.1, 0.15) is 24.0 Å². The fraction of sp³-hybridized carbons (Fsp3) is 0.588. The molecule has 2 aromatic carbocycles. The van der Waals surface area contributed by atoms with Crippen LogP contribution in [-0.4, -0.2) is 113 Å². The molecule has 260 valence electrons. The number of hydrogen-bond acceptors (Lipinski definition) is 10. The maximum atomic E-state index is 12.4. The number of fused-ring (bicyclic) bond motifs is 4. The summed E-state index contributed by atoms with van der Waals surface area (Å²) in [5, 5.41) is 19.1. The van der Waals surface area contributed by atoms with Crippen molar-refractivity contribution in [3.63, 3.8) is 0 Å². The average Bonchev–Trinajstić information content (AvgIpc) is 3.34. The number of esters is 2. The molecule has 8 atom stereocenters. The second-order valence-electron chi connectivity index (χ2n) is 12.9. The third-order valence-electron chi connectivity index (χ3n) is 10.0. The summed E-state index contributed by atoms with van der Waals surface area (Å²) in [6, 6.07) is 20.9. The molecule has 13 heteroatoms. The topological polar surface area (TPSA) is 174 Å².